The molecule has 2 heterocycles. The summed E-state index contributed by atoms with van der Waals surface area (Å²) in [5, 5.41) is 7.06. The first-order chi connectivity index (χ1) is 10.2. The van der Waals surface area contributed by atoms with Crippen molar-refractivity contribution in [2.75, 3.05) is 5.32 Å². The Morgan fingerprint density at radius 1 is 1.14 bits per heavy atom. The molecule has 0 fully saturated rings. The van der Waals surface area contributed by atoms with Crippen molar-refractivity contribution in [2.24, 2.45) is 0 Å². The summed E-state index contributed by atoms with van der Waals surface area (Å²) in [6.07, 6.45) is 0. The minimum absolute atomic E-state index is 0.602. The van der Waals surface area contributed by atoms with Gasteiger partial charge in [0.05, 0.1) is 11.0 Å². The molecule has 0 saturated heterocycles. The summed E-state index contributed by atoms with van der Waals surface area (Å²) in [5.41, 5.74) is 2.69. The number of anilines is 2. The number of nitrogens with zero attached hydrogens (tertiary/aromatic N) is 3. The molecule has 21 heavy (non-hydrogen) atoms. The molecule has 0 radical (unpaired) electrons. The van der Waals surface area contributed by atoms with Crippen LogP contribution >= 0.6 is 27.5 Å². The van der Waals surface area contributed by atoms with Gasteiger partial charge in [-0.05, 0) is 36.4 Å². The lowest BCUT2D eigenvalue weighted by Gasteiger charge is -2.02. The van der Waals surface area contributed by atoms with Crippen LogP contribution in [0.25, 0.3) is 16.8 Å². The van der Waals surface area contributed by atoms with Crippen molar-refractivity contribution >= 4 is 56.0 Å². The van der Waals surface area contributed by atoms with Crippen LogP contribution in [0.2, 0.25) is 5.02 Å². The SMILES string of the molecule is Clc1ccc2c(c1)nc1nc(Nc3cccc(Br)c3)[nH]n12. The maximum Gasteiger partial charge on any atom is 0.253 e. The third-order valence-corrected chi connectivity index (χ3v) is 3.84. The highest BCUT2D eigenvalue weighted by Crippen LogP contribution is 2.22. The molecule has 0 saturated carbocycles. The van der Waals surface area contributed by atoms with Gasteiger partial charge < -0.3 is 5.32 Å². The van der Waals surface area contributed by atoms with Crippen LogP contribution in [0.5, 0.6) is 0 Å². The number of halogens is 2. The van der Waals surface area contributed by atoms with Gasteiger partial charge in [-0.1, -0.05) is 33.6 Å². The number of fused-ring (bicyclic) bond motifs is 3. The second kappa shape index (κ2) is 4.75. The molecule has 0 bridgehead atoms. The number of aromatic amines is 1. The first-order valence-corrected chi connectivity index (χ1v) is 7.42. The number of nitrogens with one attached hydrogen (secondary N) is 2. The minimum Gasteiger partial charge on any atom is -0.325 e. The maximum absolute atomic E-state index is 5.97. The van der Waals surface area contributed by atoms with Crippen LogP contribution in [0.3, 0.4) is 0 Å². The monoisotopic (exact) mass is 361 g/mol. The summed E-state index contributed by atoms with van der Waals surface area (Å²) in [4.78, 5) is 8.87. The normalized spacial score (nSPS) is 11.3. The van der Waals surface area contributed by atoms with Crippen LogP contribution < -0.4 is 5.32 Å². The number of H-pyrrole nitrogens is 1. The van der Waals surface area contributed by atoms with Gasteiger partial charge >= 0.3 is 0 Å². The zero-order valence-corrected chi connectivity index (χ0v) is 13.0. The number of rotatable bonds is 2. The van der Waals surface area contributed by atoms with E-state index in [2.05, 4.69) is 36.3 Å². The third-order valence-electron chi connectivity index (χ3n) is 3.12. The Morgan fingerprint density at radius 2 is 2.05 bits per heavy atom. The molecule has 7 heteroatoms. The Kier molecular flexibility index (Phi) is 2.87. The quantitative estimate of drug-likeness (QED) is 0.557. The van der Waals surface area contributed by atoms with Gasteiger partial charge in [0, 0.05) is 15.2 Å². The highest BCUT2D eigenvalue weighted by molar-refractivity contribution is 9.10. The summed E-state index contributed by atoms with van der Waals surface area (Å²) in [6, 6.07) is 13.4. The summed E-state index contributed by atoms with van der Waals surface area (Å²) < 4.78 is 2.83. The van der Waals surface area contributed by atoms with Gasteiger partial charge in [0.2, 0.25) is 5.95 Å². The van der Waals surface area contributed by atoms with Gasteiger partial charge in [0.1, 0.15) is 0 Å². The van der Waals surface area contributed by atoms with Crippen LogP contribution in [0.4, 0.5) is 11.6 Å². The second-order valence-corrected chi connectivity index (χ2v) is 5.94. The molecule has 0 atom stereocenters. The van der Waals surface area contributed by atoms with Gasteiger partial charge in [-0.2, -0.15) is 4.98 Å². The van der Waals surface area contributed by atoms with Crippen LogP contribution in [0.15, 0.2) is 46.9 Å². The molecule has 2 N–H and O–H groups in total. The number of imidazole rings is 1. The van der Waals surface area contributed by atoms with E-state index >= 15 is 0 Å². The van der Waals surface area contributed by atoms with Crippen LogP contribution in [-0.4, -0.2) is 19.6 Å². The molecular formula is C14H9BrClN5. The lowest BCUT2D eigenvalue weighted by Crippen LogP contribution is -1.93. The van der Waals surface area contributed by atoms with E-state index in [9.17, 15) is 0 Å². The van der Waals surface area contributed by atoms with Crippen molar-refractivity contribution in [3.8, 4) is 0 Å². The lowest BCUT2D eigenvalue weighted by molar-refractivity contribution is 1.01. The molecule has 0 aliphatic heterocycles. The van der Waals surface area contributed by atoms with Crippen LogP contribution in [-0.2, 0) is 0 Å². The summed E-state index contributed by atoms with van der Waals surface area (Å²) in [7, 11) is 0. The van der Waals surface area contributed by atoms with Gasteiger partial charge in [-0.15, -0.1) is 0 Å². The van der Waals surface area contributed by atoms with E-state index < -0.39 is 0 Å². The summed E-state index contributed by atoms with van der Waals surface area (Å²) >= 11 is 9.41. The molecule has 5 nitrogen and oxygen atoms in total. The molecule has 4 aromatic rings. The Morgan fingerprint density at radius 3 is 2.90 bits per heavy atom. The Bertz CT molecular complexity index is 958. The fraction of sp³-hybridized carbons (Fsp3) is 0. The summed E-state index contributed by atoms with van der Waals surface area (Å²) in [6.45, 7) is 0. The largest absolute Gasteiger partial charge is 0.325 e. The average Bonchev–Trinajstić information content (AvgIpc) is 2.95. The van der Waals surface area contributed by atoms with E-state index in [4.69, 9.17) is 11.6 Å². The summed E-state index contributed by atoms with van der Waals surface area (Å²) in [5.74, 6) is 1.23. The molecule has 0 unspecified atom stereocenters. The van der Waals surface area contributed by atoms with Crippen molar-refractivity contribution in [3.63, 3.8) is 0 Å². The lowest BCUT2D eigenvalue weighted by atomic mass is 10.3. The number of hydrogen-bond acceptors (Lipinski definition) is 3. The van der Waals surface area contributed by atoms with Crippen molar-refractivity contribution in [1.29, 1.82) is 0 Å². The van der Waals surface area contributed by atoms with Gasteiger partial charge in [0.15, 0.2) is 0 Å². The van der Waals surface area contributed by atoms with Gasteiger partial charge in [0.25, 0.3) is 5.78 Å². The zero-order valence-electron chi connectivity index (χ0n) is 10.6. The molecule has 104 valence electrons. The standard InChI is InChI=1S/C14H9BrClN5/c15-8-2-1-3-10(6-8)17-13-19-14-18-11-7-9(16)4-5-12(11)21(14)20-13/h1-7H,(H2,17,18,19,20). The van der Waals surface area contributed by atoms with E-state index in [0.717, 1.165) is 21.2 Å². The highest BCUT2D eigenvalue weighted by Gasteiger charge is 2.10. The van der Waals surface area contributed by atoms with E-state index in [1.54, 1.807) is 0 Å². The van der Waals surface area contributed by atoms with Crippen molar-refractivity contribution in [2.45, 2.75) is 0 Å². The molecule has 0 aliphatic rings. The molecule has 2 aromatic carbocycles. The van der Waals surface area contributed by atoms with Gasteiger partial charge in [-0.3, -0.25) is 5.10 Å². The Balaban J connectivity index is 1.77. The van der Waals surface area contributed by atoms with E-state index in [-0.39, 0.29) is 0 Å². The number of hydrogen-bond donors (Lipinski definition) is 2. The average molecular weight is 363 g/mol. The minimum atomic E-state index is 0.602. The number of benzene rings is 2. The third kappa shape index (κ3) is 2.26. The fourth-order valence-corrected chi connectivity index (χ4v) is 2.78. The predicted molar refractivity (Wildman–Crippen MR) is 87.3 cm³/mol. The molecule has 4 rings (SSSR count). The highest BCUT2D eigenvalue weighted by atomic mass is 79.9. The number of aromatic nitrogens is 4. The maximum atomic E-state index is 5.97. The van der Waals surface area contributed by atoms with Crippen LogP contribution in [0.1, 0.15) is 0 Å². The van der Waals surface area contributed by atoms with E-state index in [0.29, 0.717) is 16.7 Å². The van der Waals surface area contributed by atoms with Crippen molar-refractivity contribution in [1.82, 2.24) is 19.6 Å². The Labute approximate surface area is 133 Å². The van der Waals surface area contributed by atoms with Crippen molar-refractivity contribution < 1.29 is 0 Å². The van der Waals surface area contributed by atoms with Crippen LogP contribution in [0, 0.1) is 0 Å². The van der Waals surface area contributed by atoms with Crippen molar-refractivity contribution in [3.05, 3.63) is 52.0 Å². The topological polar surface area (TPSA) is 58.0 Å². The van der Waals surface area contributed by atoms with E-state index in [1.807, 2.05) is 47.0 Å². The molecular weight excluding hydrogens is 354 g/mol. The predicted octanol–water partition coefficient (Wildman–Crippen LogP) is 4.37. The first kappa shape index (κ1) is 12.7. The van der Waals surface area contributed by atoms with E-state index in [1.165, 1.54) is 0 Å². The smallest absolute Gasteiger partial charge is 0.253 e. The first-order valence-electron chi connectivity index (χ1n) is 6.25. The Hall–Kier alpha value is -2.05. The fourth-order valence-electron chi connectivity index (χ4n) is 2.22. The molecule has 0 aliphatic carbocycles. The zero-order chi connectivity index (χ0) is 14.4. The van der Waals surface area contributed by atoms with Gasteiger partial charge in [-0.25, -0.2) is 9.50 Å². The molecule has 2 aromatic heterocycles. The second-order valence-electron chi connectivity index (χ2n) is 4.59. The molecule has 0 spiro atoms. The molecule has 0 amide bonds.